The monoisotopic (exact) mass is 288 g/mol. The summed E-state index contributed by atoms with van der Waals surface area (Å²) in [5.74, 6) is 0.902. The third kappa shape index (κ3) is 2.72. The van der Waals surface area contributed by atoms with Gasteiger partial charge in [0.15, 0.2) is 0 Å². The molecule has 0 bridgehead atoms. The van der Waals surface area contributed by atoms with Gasteiger partial charge in [-0.25, -0.2) is 4.39 Å². The number of para-hydroxylation sites is 1. The Morgan fingerprint density at radius 3 is 2.86 bits per heavy atom. The summed E-state index contributed by atoms with van der Waals surface area (Å²) < 4.78 is 24.8. The maximum absolute atomic E-state index is 13.3. The van der Waals surface area contributed by atoms with Crippen molar-refractivity contribution in [3.8, 4) is 11.5 Å². The topological polar surface area (TPSA) is 38.7 Å². The van der Waals surface area contributed by atoms with E-state index in [9.17, 15) is 9.50 Å². The minimum Gasteiger partial charge on any atom is -0.493 e. The summed E-state index contributed by atoms with van der Waals surface area (Å²) in [6.07, 6.45) is -0.676. The van der Waals surface area contributed by atoms with Crippen LogP contribution in [0.2, 0.25) is 0 Å². The lowest BCUT2D eigenvalue weighted by atomic mass is 9.94. The first kappa shape index (κ1) is 13.9. The molecule has 1 heterocycles. The first-order valence-corrected chi connectivity index (χ1v) is 7.05. The summed E-state index contributed by atoms with van der Waals surface area (Å²) in [7, 11) is 0. The van der Waals surface area contributed by atoms with Gasteiger partial charge in [0.2, 0.25) is 0 Å². The Kier molecular flexibility index (Phi) is 3.80. The van der Waals surface area contributed by atoms with Crippen LogP contribution in [0, 0.1) is 5.82 Å². The van der Waals surface area contributed by atoms with Gasteiger partial charge in [-0.2, -0.15) is 0 Å². The number of aliphatic hydroxyl groups is 1. The zero-order chi connectivity index (χ0) is 14.8. The maximum Gasteiger partial charge on any atom is 0.130 e. The quantitative estimate of drug-likeness (QED) is 0.934. The Bertz CT molecular complexity index is 642. The molecule has 2 atom stereocenters. The van der Waals surface area contributed by atoms with Crippen LogP contribution in [0.1, 0.15) is 36.7 Å². The normalized spacial score (nSPS) is 20.5. The minimum absolute atomic E-state index is 0.305. The second-order valence-electron chi connectivity index (χ2n) is 5.01. The molecule has 4 heteroatoms. The van der Waals surface area contributed by atoms with Gasteiger partial charge in [-0.1, -0.05) is 18.2 Å². The Morgan fingerprint density at radius 2 is 2.05 bits per heavy atom. The van der Waals surface area contributed by atoms with Gasteiger partial charge in [0, 0.05) is 17.5 Å². The summed E-state index contributed by atoms with van der Waals surface area (Å²) in [5.41, 5.74) is 1.40. The van der Waals surface area contributed by atoms with E-state index in [-0.39, 0.29) is 11.9 Å². The number of benzene rings is 2. The molecule has 21 heavy (non-hydrogen) atoms. The molecule has 110 valence electrons. The molecular weight excluding hydrogens is 271 g/mol. The predicted molar refractivity (Wildman–Crippen MR) is 77.0 cm³/mol. The van der Waals surface area contributed by atoms with Crippen LogP contribution < -0.4 is 9.47 Å². The fourth-order valence-electron chi connectivity index (χ4n) is 2.64. The van der Waals surface area contributed by atoms with E-state index in [1.165, 1.54) is 12.1 Å². The second kappa shape index (κ2) is 5.74. The van der Waals surface area contributed by atoms with Gasteiger partial charge in [0.25, 0.3) is 0 Å². The van der Waals surface area contributed by atoms with Crippen LogP contribution in [0.15, 0.2) is 42.5 Å². The first-order valence-electron chi connectivity index (χ1n) is 7.05. The van der Waals surface area contributed by atoms with Crippen molar-refractivity contribution in [2.75, 3.05) is 6.61 Å². The van der Waals surface area contributed by atoms with Gasteiger partial charge in [0.1, 0.15) is 23.4 Å². The number of hydrogen-bond acceptors (Lipinski definition) is 3. The molecule has 0 fully saturated rings. The third-order valence-electron chi connectivity index (χ3n) is 3.60. The highest BCUT2D eigenvalue weighted by Crippen LogP contribution is 2.43. The van der Waals surface area contributed by atoms with Crippen LogP contribution in [0.4, 0.5) is 4.39 Å². The summed E-state index contributed by atoms with van der Waals surface area (Å²) >= 11 is 0. The Morgan fingerprint density at radius 1 is 1.24 bits per heavy atom. The largest absolute Gasteiger partial charge is 0.493 e. The third-order valence-corrected chi connectivity index (χ3v) is 3.60. The van der Waals surface area contributed by atoms with Crippen LogP contribution >= 0.6 is 0 Å². The molecule has 2 aromatic rings. The summed E-state index contributed by atoms with van der Waals surface area (Å²) in [5, 5.41) is 10.3. The van der Waals surface area contributed by atoms with Gasteiger partial charge in [0.05, 0.1) is 12.7 Å². The molecule has 2 aromatic carbocycles. The average Bonchev–Trinajstić information content (AvgIpc) is 2.49. The fourth-order valence-corrected chi connectivity index (χ4v) is 2.64. The molecular formula is C17H17FO3. The van der Waals surface area contributed by atoms with Crippen LogP contribution in [0.25, 0.3) is 0 Å². The molecule has 0 saturated heterocycles. The van der Waals surface area contributed by atoms with E-state index in [4.69, 9.17) is 9.47 Å². The molecule has 0 aromatic heterocycles. The van der Waals surface area contributed by atoms with Crippen LogP contribution in [0.5, 0.6) is 11.5 Å². The highest BCUT2D eigenvalue weighted by atomic mass is 19.1. The van der Waals surface area contributed by atoms with Crippen molar-refractivity contribution in [3.63, 3.8) is 0 Å². The van der Waals surface area contributed by atoms with Gasteiger partial charge in [-0.05, 0) is 31.2 Å². The summed E-state index contributed by atoms with van der Waals surface area (Å²) in [4.78, 5) is 0. The zero-order valence-electron chi connectivity index (χ0n) is 11.8. The number of ether oxygens (including phenoxy) is 2. The van der Waals surface area contributed by atoms with Crippen LogP contribution in [-0.2, 0) is 0 Å². The lowest BCUT2D eigenvalue weighted by Gasteiger charge is -2.30. The number of halogens is 1. The van der Waals surface area contributed by atoms with Crippen molar-refractivity contribution in [3.05, 3.63) is 59.4 Å². The molecule has 1 aliphatic rings. The van der Waals surface area contributed by atoms with Gasteiger partial charge >= 0.3 is 0 Å². The van der Waals surface area contributed by atoms with Crippen LogP contribution in [0.3, 0.4) is 0 Å². The Labute approximate surface area is 122 Å². The number of rotatable bonds is 3. The van der Waals surface area contributed by atoms with E-state index in [1.807, 2.05) is 31.2 Å². The van der Waals surface area contributed by atoms with E-state index in [1.54, 1.807) is 6.07 Å². The van der Waals surface area contributed by atoms with Crippen molar-refractivity contribution in [1.82, 2.24) is 0 Å². The molecule has 3 nitrogen and oxygen atoms in total. The Balaban J connectivity index is 1.94. The van der Waals surface area contributed by atoms with Gasteiger partial charge in [-0.3, -0.25) is 0 Å². The van der Waals surface area contributed by atoms with Crippen LogP contribution in [-0.4, -0.2) is 11.7 Å². The smallest absolute Gasteiger partial charge is 0.130 e. The summed E-state index contributed by atoms with van der Waals surface area (Å²) in [6, 6.07) is 11.8. The lowest BCUT2D eigenvalue weighted by Crippen LogP contribution is -2.20. The molecule has 0 radical (unpaired) electrons. The molecule has 0 amide bonds. The summed E-state index contributed by atoms with van der Waals surface area (Å²) in [6.45, 7) is 2.49. The number of aliphatic hydroxyl groups excluding tert-OH is 1. The van der Waals surface area contributed by atoms with E-state index in [0.717, 1.165) is 11.3 Å². The molecule has 0 aliphatic carbocycles. The Hall–Kier alpha value is -2.07. The van der Waals surface area contributed by atoms with Crippen molar-refractivity contribution in [2.24, 2.45) is 0 Å². The van der Waals surface area contributed by atoms with E-state index in [2.05, 4.69) is 0 Å². The van der Waals surface area contributed by atoms with Gasteiger partial charge in [-0.15, -0.1) is 0 Å². The highest BCUT2D eigenvalue weighted by molar-refractivity contribution is 5.42. The molecule has 1 N–H and O–H groups in total. The minimum atomic E-state index is -0.746. The van der Waals surface area contributed by atoms with E-state index < -0.39 is 6.10 Å². The SMILES string of the molecule is CCOc1ccccc1C1C[C@@H](O)c2cc(F)ccc2O1. The molecule has 0 spiro atoms. The lowest BCUT2D eigenvalue weighted by molar-refractivity contribution is 0.0638. The first-order chi connectivity index (χ1) is 10.2. The average molecular weight is 288 g/mol. The number of fused-ring (bicyclic) bond motifs is 1. The predicted octanol–water partition coefficient (Wildman–Crippen LogP) is 3.78. The molecule has 3 rings (SSSR count). The second-order valence-corrected chi connectivity index (χ2v) is 5.01. The highest BCUT2D eigenvalue weighted by Gasteiger charge is 2.30. The number of hydrogen-bond donors (Lipinski definition) is 1. The van der Waals surface area contributed by atoms with Crippen molar-refractivity contribution in [2.45, 2.75) is 25.6 Å². The molecule has 1 aliphatic heterocycles. The van der Waals surface area contributed by atoms with E-state index in [0.29, 0.717) is 24.3 Å². The van der Waals surface area contributed by atoms with Crippen molar-refractivity contribution < 1.29 is 19.0 Å². The van der Waals surface area contributed by atoms with E-state index >= 15 is 0 Å². The van der Waals surface area contributed by atoms with Crippen molar-refractivity contribution >= 4 is 0 Å². The fraction of sp³-hybridized carbons (Fsp3) is 0.294. The maximum atomic E-state index is 13.3. The zero-order valence-corrected chi connectivity index (χ0v) is 11.8. The standard InChI is InChI=1S/C17H17FO3/c1-2-20-15-6-4-3-5-12(15)17-10-14(19)13-9-11(18)7-8-16(13)21-17/h3-9,14,17,19H,2,10H2,1H3/t14-,17?/m1/s1. The van der Waals surface area contributed by atoms with Crippen molar-refractivity contribution in [1.29, 1.82) is 0 Å². The molecule has 0 saturated carbocycles. The van der Waals surface area contributed by atoms with Gasteiger partial charge < -0.3 is 14.6 Å². The molecule has 1 unspecified atom stereocenters.